The molecule has 0 N–H and O–H groups in total. The van der Waals surface area contributed by atoms with Crippen LogP contribution >= 0.6 is 0 Å². The third kappa shape index (κ3) is 3.99. The monoisotopic (exact) mass is 460 g/mol. The van der Waals surface area contributed by atoms with E-state index >= 15 is 4.39 Å². The van der Waals surface area contributed by atoms with E-state index < -0.39 is 34.5 Å². The third-order valence-corrected chi connectivity index (χ3v) is 5.15. The molecule has 3 aromatic carbocycles. The molecule has 6 nitrogen and oxygen atoms in total. The van der Waals surface area contributed by atoms with Crippen molar-refractivity contribution in [1.29, 1.82) is 0 Å². The van der Waals surface area contributed by atoms with E-state index in [1.165, 1.54) is 30.7 Å². The Morgan fingerprint density at radius 3 is 2.56 bits per heavy atom. The lowest BCUT2D eigenvalue weighted by Crippen LogP contribution is -2.12. The van der Waals surface area contributed by atoms with Gasteiger partial charge in [-0.15, -0.1) is 0 Å². The number of benzene rings is 3. The Bertz CT molecular complexity index is 1510. The summed E-state index contributed by atoms with van der Waals surface area (Å²) in [7, 11) is 0. The fourth-order valence-corrected chi connectivity index (χ4v) is 3.43. The van der Waals surface area contributed by atoms with E-state index in [1.807, 2.05) is 0 Å². The normalized spacial score (nSPS) is 11.0. The largest absolute Gasteiger partial charge is 0.486 e. The molecule has 0 aliphatic carbocycles. The molecule has 0 fully saturated rings. The summed E-state index contributed by atoms with van der Waals surface area (Å²) in [4.78, 5) is 25.7. The topological polar surface area (TPSA) is 69.9 Å². The zero-order chi connectivity index (χ0) is 23.7. The first kappa shape index (κ1) is 21.3. The number of carbonyl (C=O) groups excluding carboxylic acids is 1. The van der Waals surface area contributed by atoms with Crippen LogP contribution in [-0.4, -0.2) is 25.3 Å². The van der Waals surface area contributed by atoms with Crippen molar-refractivity contribution >= 4 is 16.8 Å². The molecule has 2 heterocycles. The van der Waals surface area contributed by atoms with Gasteiger partial charge in [0.15, 0.2) is 34.8 Å². The highest BCUT2D eigenvalue weighted by Crippen LogP contribution is 2.29. The van der Waals surface area contributed by atoms with Crippen LogP contribution in [0.3, 0.4) is 0 Å². The van der Waals surface area contributed by atoms with Gasteiger partial charge in [0.2, 0.25) is 0 Å². The Morgan fingerprint density at radius 2 is 1.79 bits per heavy atom. The summed E-state index contributed by atoms with van der Waals surface area (Å²) in [6, 6.07) is 13.6. The van der Waals surface area contributed by atoms with Crippen molar-refractivity contribution in [3.8, 4) is 11.6 Å². The average Bonchev–Trinajstić information content (AvgIpc) is 3.40. The van der Waals surface area contributed by atoms with E-state index in [-0.39, 0.29) is 12.2 Å². The maximum atomic E-state index is 15.1. The molecule has 0 bridgehead atoms. The first-order valence-electron chi connectivity index (χ1n) is 10.2. The first-order valence-corrected chi connectivity index (χ1v) is 10.2. The van der Waals surface area contributed by atoms with Crippen molar-refractivity contribution in [1.82, 2.24) is 19.5 Å². The van der Waals surface area contributed by atoms with Crippen LogP contribution in [0.5, 0.6) is 5.75 Å². The number of halogens is 3. The van der Waals surface area contributed by atoms with E-state index in [2.05, 4.69) is 15.0 Å². The van der Waals surface area contributed by atoms with Crippen LogP contribution in [0.1, 0.15) is 21.5 Å². The lowest BCUT2D eigenvalue weighted by atomic mass is 10.0. The highest BCUT2D eigenvalue weighted by atomic mass is 19.2. The molecule has 5 rings (SSSR count). The van der Waals surface area contributed by atoms with Crippen LogP contribution < -0.4 is 4.74 Å². The van der Waals surface area contributed by atoms with Crippen LogP contribution in [0.2, 0.25) is 0 Å². The van der Waals surface area contributed by atoms with Crippen LogP contribution in [0.4, 0.5) is 13.2 Å². The maximum Gasteiger partial charge on any atom is 0.199 e. The summed E-state index contributed by atoms with van der Waals surface area (Å²) in [6.45, 7) is -0.0843. The molecule has 0 saturated heterocycles. The van der Waals surface area contributed by atoms with Gasteiger partial charge < -0.3 is 4.74 Å². The predicted octanol–water partition coefficient (Wildman–Crippen LogP) is 5.04. The van der Waals surface area contributed by atoms with Crippen molar-refractivity contribution in [2.75, 3.05) is 0 Å². The molecular formula is C25H15F3N4O2. The quantitative estimate of drug-likeness (QED) is 0.262. The van der Waals surface area contributed by atoms with Gasteiger partial charge in [0.25, 0.3) is 0 Å². The zero-order valence-electron chi connectivity index (χ0n) is 17.5. The summed E-state index contributed by atoms with van der Waals surface area (Å²) in [5.41, 5.74) is 0.353. The lowest BCUT2D eigenvalue weighted by Gasteiger charge is -2.12. The zero-order valence-corrected chi connectivity index (χ0v) is 17.5. The van der Waals surface area contributed by atoms with Crippen LogP contribution in [0, 0.1) is 17.5 Å². The van der Waals surface area contributed by atoms with Gasteiger partial charge in [0, 0.05) is 24.0 Å². The molecule has 5 aromatic rings. The second-order valence-corrected chi connectivity index (χ2v) is 7.36. The van der Waals surface area contributed by atoms with E-state index in [0.717, 1.165) is 0 Å². The molecule has 0 spiro atoms. The van der Waals surface area contributed by atoms with Gasteiger partial charge in [-0.05, 0) is 23.8 Å². The van der Waals surface area contributed by atoms with Gasteiger partial charge in [-0.3, -0.25) is 14.3 Å². The Balaban J connectivity index is 1.51. The fraction of sp³-hybridized carbons (Fsp3) is 0.0400. The first-order chi connectivity index (χ1) is 16.5. The van der Waals surface area contributed by atoms with Crippen LogP contribution in [-0.2, 0) is 6.61 Å². The Labute approximate surface area is 191 Å². The summed E-state index contributed by atoms with van der Waals surface area (Å²) in [5, 5.41) is 0. The van der Waals surface area contributed by atoms with E-state index in [4.69, 9.17) is 4.74 Å². The second-order valence-electron chi connectivity index (χ2n) is 7.36. The highest BCUT2D eigenvalue weighted by molar-refractivity contribution is 6.10. The van der Waals surface area contributed by atoms with Crippen molar-refractivity contribution in [3.63, 3.8) is 0 Å². The predicted molar refractivity (Wildman–Crippen MR) is 117 cm³/mol. The number of rotatable bonds is 6. The summed E-state index contributed by atoms with van der Waals surface area (Å²) < 4.78 is 50.9. The van der Waals surface area contributed by atoms with Gasteiger partial charge in [-0.1, -0.05) is 30.3 Å². The number of ketones is 1. The number of carbonyl (C=O) groups is 1. The van der Waals surface area contributed by atoms with Crippen molar-refractivity contribution in [3.05, 3.63) is 114 Å². The number of imidazole rings is 1. The maximum absolute atomic E-state index is 15.1. The minimum Gasteiger partial charge on any atom is -0.486 e. The fourth-order valence-electron chi connectivity index (χ4n) is 3.43. The molecule has 0 radical (unpaired) electrons. The molecular weight excluding hydrogens is 445 g/mol. The Morgan fingerprint density at radius 1 is 0.971 bits per heavy atom. The molecule has 0 aliphatic rings. The van der Waals surface area contributed by atoms with Crippen LogP contribution in [0.25, 0.3) is 16.9 Å². The number of nitrogens with zero attached hydrogens (tertiary/aromatic N) is 4. The molecule has 0 amide bonds. The third-order valence-electron chi connectivity index (χ3n) is 5.15. The van der Waals surface area contributed by atoms with Gasteiger partial charge in [0.05, 0.1) is 17.2 Å². The van der Waals surface area contributed by atoms with Crippen molar-refractivity contribution in [2.45, 2.75) is 6.61 Å². The van der Waals surface area contributed by atoms with E-state index in [1.54, 1.807) is 47.3 Å². The smallest absolute Gasteiger partial charge is 0.199 e. The molecule has 0 saturated carbocycles. The summed E-state index contributed by atoms with van der Waals surface area (Å²) in [6.07, 6.45) is 6.28. The lowest BCUT2D eigenvalue weighted by molar-refractivity contribution is 0.102. The minimum atomic E-state index is -1.59. The highest BCUT2D eigenvalue weighted by Gasteiger charge is 2.26. The van der Waals surface area contributed by atoms with Gasteiger partial charge >= 0.3 is 0 Å². The standard InChI is InChI=1S/C25H15F3N4O2/c26-17-11-20(34-13-15-4-2-1-3-5-15)24(28)22(23(17)27)25(33)16-6-7-18-19(10-16)31-21(12-30-18)32-9-8-29-14-32/h1-12,14H,13H2. The SMILES string of the molecule is O=C(c1ccc2ncc(-n3ccnc3)nc2c1)c1c(F)c(F)cc(OCc2ccccc2)c1F. The van der Waals surface area contributed by atoms with Crippen LogP contribution in [0.15, 0.2) is 79.5 Å². The number of aromatic nitrogens is 4. The molecule has 0 aliphatic heterocycles. The molecule has 0 atom stereocenters. The summed E-state index contributed by atoms with van der Waals surface area (Å²) in [5.74, 6) is -5.43. The van der Waals surface area contributed by atoms with Crippen molar-refractivity contribution < 1.29 is 22.7 Å². The van der Waals surface area contributed by atoms with E-state index in [9.17, 15) is 13.6 Å². The van der Waals surface area contributed by atoms with Gasteiger partial charge in [-0.25, -0.2) is 23.1 Å². The van der Waals surface area contributed by atoms with Gasteiger partial charge in [-0.2, -0.15) is 0 Å². The van der Waals surface area contributed by atoms with E-state index in [0.29, 0.717) is 28.5 Å². The molecule has 2 aromatic heterocycles. The number of hydrogen-bond donors (Lipinski definition) is 0. The number of hydrogen-bond acceptors (Lipinski definition) is 5. The summed E-state index contributed by atoms with van der Waals surface area (Å²) >= 11 is 0. The molecule has 9 heteroatoms. The second kappa shape index (κ2) is 8.78. The molecule has 0 unspecified atom stereocenters. The number of ether oxygens (including phenoxy) is 1. The van der Waals surface area contributed by atoms with Crippen molar-refractivity contribution in [2.24, 2.45) is 0 Å². The molecule has 168 valence electrons. The average molecular weight is 460 g/mol. The Hall–Kier alpha value is -4.53. The molecule has 34 heavy (non-hydrogen) atoms. The minimum absolute atomic E-state index is 0.0815. The Kier molecular flexibility index (Phi) is 5.51. The van der Waals surface area contributed by atoms with Gasteiger partial charge in [0.1, 0.15) is 18.5 Å². The number of fused-ring (bicyclic) bond motifs is 1.